The highest BCUT2D eigenvalue weighted by atomic mass is 32.2. The lowest BCUT2D eigenvalue weighted by Gasteiger charge is -2.25. The maximum absolute atomic E-state index is 12.9. The predicted molar refractivity (Wildman–Crippen MR) is 88.4 cm³/mol. The van der Waals surface area contributed by atoms with Gasteiger partial charge in [-0.3, -0.25) is 4.79 Å². The number of benzene rings is 1. The van der Waals surface area contributed by atoms with E-state index in [-0.39, 0.29) is 5.25 Å². The molecule has 0 aromatic heterocycles. The molecule has 0 spiro atoms. The Morgan fingerprint density at radius 1 is 1.19 bits per heavy atom. The number of nitrogens with one attached hydrogen (secondary N) is 1. The zero-order chi connectivity index (χ0) is 14.7. The second kappa shape index (κ2) is 6.84. The number of carbonyl (C=O) groups is 1. The van der Waals surface area contributed by atoms with Crippen LogP contribution in [0.15, 0.2) is 30.3 Å². The van der Waals surface area contributed by atoms with E-state index < -0.39 is 0 Å². The van der Waals surface area contributed by atoms with E-state index in [2.05, 4.69) is 22.3 Å². The molecule has 3 nitrogen and oxygen atoms in total. The van der Waals surface area contributed by atoms with Crippen LogP contribution in [0.1, 0.15) is 23.7 Å². The Hall–Kier alpha value is -1.00. The Morgan fingerprint density at radius 2 is 1.81 bits per heavy atom. The lowest BCUT2D eigenvalue weighted by Crippen LogP contribution is -2.35. The normalized spacial score (nSPS) is 27.0. The highest BCUT2D eigenvalue weighted by molar-refractivity contribution is 7.99. The summed E-state index contributed by atoms with van der Waals surface area (Å²) < 4.78 is 0. The summed E-state index contributed by atoms with van der Waals surface area (Å²) >= 11 is 1.65. The van der Waals surface area contributed by atoms with Crippen molar-refractivity contribution in [2.75, 3.05) is 32.4 Å². The van der Waals surface area contributed by atoms with Gasteiger partial charge in [-0.1, -0.05) is 30.3 Å². The smallest absolute Gasteiger partial charge is 0.240 e. The molecule has 3 rings (SSSR count). The van der Waals surface area contributed by atoms with Crippen molar-refractivity contribution < 1.29 is 4.79 Å². The standard InChI is InChI=1S/C17H24N2OS/c1-21-16(13-5-3-2-4-6-13)17(20)19-9-7-14-11-18-12-15(14)8-10-19/h2-6,14-16,18H,7-12H2,1H3/t14-,15+,16?. The van der Waals surface area contributed by atoms with Crippen molar-refractivity contribution in [1.29, 1.82) is 0 Å². The Kier molecular flexibility index (Phi) is 4.86. The van der Waals surface area contributed by atoms with Gasteiger partial charge in [0.15, 0.2) is 0 Å². The number of fused-ring (bicyclic) bond motifs is 1. The maximum Gasteiger partial charge on any atom is 0.240 e. The minimum Gasteiger partial charge on any atom is -0.341 e. The van der Waals surface area contributed by atoms with Gasteiger partial charge >= 0.3 is 0 Å². The molecule has 1 unspecified atom stereocenters. The predicted octanol–water partition coefficient (Wildman–Crippen LogP) is 2.55. The van der Waals surface area contributed by atoms with Crippen LogP contribution in [0, 0.1) is 11.8 Å². The monoisotopic (exact) mass is 304 g/mol. The summed E-state index contributed by atoms with van der Waals surface area (Å²) in [6.07, 6.45) is 4.34. The summed E-state index contributed by atoms with van der Waals surface area (Å²) in [4.78, 5) is 15.0. The molecule has 2 saturated heterocycles. The number of likely N-dealkylation sites (tertiary alicyclic amines) is 1. The first-order valence-corrected chi connectivity index (χ1v) is 9.15. The zero-order valence-corrected chi connectivity index (χ0v) is 13.4. The van der Waals surface area contributed by atoms with Crippen molar-refractivity contribution in [1.82, 2.24) is 10.2 Å². The highest BCUT2D eigenvalue weighted by Gasteiger charge is 2.33. The van der Waals surface area contributed by atoms with Gasteiger partial charge in [0.2, 0.25) is 5.91 Å². The molecule has 2 aliphatic rings. The molecule has 1 N–H and O–H groups in total. The van der Waals surface area contributed by atoms with Crippen LogP contribution in [0.4, 0.5) is 0 Å². The van der Waals surface area contributed by atoms with Crippen LogP contribution >= 0.6 is 11.8 Å². The molecule has 0 saturated carbocycles. The molecule has 1 aromatic carbocycles. The molecule has 0 radical (unpaired) electrons. The largest absolute Gasteiger partial charge is 0.341 e. The van der Waals surface area contributed by atoms with E-state index in [1.54, 1.807) is 11.8 Å². The molecule has 114 valence electrons. The third kappa shape index (κ3) is 3.27. The van der Waals surface area contributed by atoms with Gasteiger partial charge in [-0.2, -0.15) is 0 Å². The summed E-state index contributed by atoms with van der Waals surface area (Å²) in [7, 11) is 0. The number of amides is 1. The molecule has 0 aliphatic carbocycles. The number of nitrogens with zero attached hydrogens (tertiary/aromatic N) is 1. The van der Waals surface area contributed by atoms with Crippen LogP contribution < -0.4 is 5.32 Å². The topological polar surface area (TPSA) is 32.3 Å². The van der Waals surface area contributed by atoms with Gasteiger partial charge in [-0.25, -0.2) is 0 Å². The summed E-state index contributed by atoms with van der Waals surface area (Å²) in [5.74, 6) is 1.83. The van der Waals surface area contributed by atoms with Crippen LogP contribution in [0.3, 0.4) is 0 Å². The molecule has 1 aromatic rings. The van der Waals surface area contributed by atoms with E-state index in [9.17, 15) is 4.79 Å². The Bertz CT molecular complexity index is 465. The van der Waals surface area contributed by atoms with E-state index >= 15 is 0 Å². The van der Waals surface area contributed by atoms with E-state index in [1.807, 2.05) is 24.5 Å². The van der Waals surface area contributed by atoms with Crippen molar-refractivity contribution in [3.05, 3.63) is 35.9 Å². The van der Waals surface area contributed by atoms with Gasteiger partial charge in [0.25, 0.3) is 0 Å². The first-order valence-electron chi connectivity index (χ1n) is 7.87. The number of thioether (sulfide) groups is 1. The van der Waals surface area contributed by atoms with Crippen molar-refractivity contribution >= 4 is 17.7 Å². The van der Waals surface area contributed by atoms with Gasteiger partial charge < -0.3 is 10.2 Å². The Labute approximate surface area is 131 Å². The first-order chi connectivity index (χ1) is 10.3. The number of hydrogen-bond donors (Lipinski definition) is 1. The fourth-order valence-corrected chi connectivity index (χ4v) is 4.39. The van der Waals surface area contributed by atoms with E-state index in [1.165, 1.54) is 0 Å². The van der Waals surface area contributed by atoms with E-state index in [0.717, 1.165) is 56.4 Å². The van der Waals surface area contributed by atoms with Crippen LogP contribution in [-0.2, 0) is 4.79 Å². The molecule has 1 amide bonds. The van der Waals surface area contributed by atoms with E-state index in [4.69, 9.17) is 0 Å². The Balaban J connectivity index is 1.69. The number of carbonyl (C=O) groups excluding carboxylic acids is 1. The van der Waals surface area contributed by atoms with Gasteiger partial charge in [-0.05, 0) is 49.6 Å². The molecule has 4 heteroatoms. The molecule has 0 bridgehead atoms. The third-order valence-corrected chi connectivity index (χ3v) is 5.84. The first kappa shape index (κ1) is 14.9. The van der Waals surface area contributed by atoms with Crippen LogP contribution in [0.2, 0.25) is 0 Å². The van der Waals surface area contributed by atoms with Gasteiger partial charge in [0.1, 0.15) is 5.25 Å². The quantitative estimate of drug-likeness (QED) is 0.931. The Morgan fingerprint density at radius 3 is 2.38 bits per heavy atom. The third-order valence-electron chi connectivity index (χ3n) is 4.89. The van der Waals surface area contributed by atoms with Crippen molar-refractivity contribution in [2.45, 2.75) is 18.1 Å². The summed E-state index contributed by atoms with van der Waals surface area (Å²) in [6.45, 7) is 4.12. The van der Waals surface area contributed by atoms with Crippen LogP contribution in [-0.4, -0.2) is 43.2 Å². The van der Waals surface area contributed by atoms with Crippen LogP contribution in [0.25, 0.3) is 0 Å². The van der Waals surface area contributed by atoms with E-state index in [0.29, 0.717) is 5.91 Å². The molecule has 2 heterocycles. The fraction of sp³-hybridized carbons (Fsp3) is 0.588. The number of rotatable bonds is 3. The molecule has 3 atom stereocenters. The zero-order valence-electron chi connectivity index (χ0n) is 12.6. The second-order valence-electron chi connectivity index (χ2n) is 6.11. The average molecular weight is 304 g/mol. The SMILES string of the molecule is CSC(C(=O)N1CC[C@@H]2CNC[C@@H]2CC1)c1ccccc1. The molecule has 2 aliphatic heterocycles. The van der Waals surface area contributed by atoms with Crippen molar-refractivity contribution in [3.8, 4) is 0 Å². The summed E-state index contributed by atoms with van der Waals surface area (Å²) in [5, 5.41) is 3.43. The highest BCUT2D eigenvalue weighted by Crippen LogP contribution is 2.32. The maximum atomic E-state index is 12.9. The number of hydrogen-bond acceptors (Lipinski definition) is 3. The van der Waals surface area contributed by atoms with Crippen molar-refractivity contribution in [3.63, 3.8) is 0 Å². The summed E-state index contributed by atoms with van der Waals surface area (Å²) in [5.41, 5.74) is 1.13. The minimum absolute atomic E-state index is 0.0535. The fourth-order valence-electron chi connectivity index (χ4n) is 3.61. The molecular weight excluding hydrogens is 280 g/mol. The summed E-state index contributed by atoms with van der Waals surface area (Å²) in [6, 6.07) is 10.2. The lowest BCUT2D eigenvalue weighted by atomic mass is 9.92. The van der Waals surface area contributed by atoms with Gasteiger partial charge in [0, 0.05) is 13.1 Å². The average Bonchev–Trinajstić information content (AvgIpc) is 2.87. The minimum atomic E-state index is -0.0535. The molecule has 2 fully saturated rings. The lowest BCUT2D eigenvalue weighted by molar-refractivity contribution is -0.130. The second-order valence-corrected chi connectivity index (χ2v) is 7.05. The van der Waals surface area contributed by atoms with Crippen molar-refractivity contribution in [2.24, 2.45) is 11.8 Å². The van der Waals surface area contributed by atoms with Gasteiger partial charge in [-0.15, -0.1) is 11.8 Å². The van der Waals surface area contributed by atoms with Gasteiger partial charge in [0.05, 0.1) is 0 Å². The van der Waals surface area contributed by atoms with Crippen LogP contribution in [0.5, 0.6) is 0 Å². The molecule has 21 heavy (non-hydrogen) atoms. The molecular formula is C17H24N2OS.